The third-order valence-electron chi connectivity index (χ3n) is 3.74. The predicted molar refractivity (Wildman–Crippen MR) is 98.7 cm³/mol. The second kappa shape index (κ2) is 10.6. The van der Waals surface area contributed by atoms with Gasteiger partial charge in [-0.1, -0.05) is 31.2 Å². The maximum Gasteiger partial charge on any atom is 0.161 e. The minimum Gasteiger partial charge on any atom is -0.493 e. The van der Waals surface area contributed by atoms with E-state index in [1.807, 2.05) is 48.5 Å². The summed E-state index contributed by atoms with van der Waals surface area (Å²) in [5, 5.41) is 13.1. The van der Waals surface area contributed by atoms with Crippen molar-refractivity contribution in [2.24, 2.45) is 0 Å². The molecule has 0 aliphatic rings. The number of nitrogens with one attached hydrogen (secondary N) is 1. The molecule has 0 aliphatic carbocycles. The Labute approximate surface area is 149 Å². The number of benzene rings is 2. The molecule has 5 heteroatoms. The molecule has 5 nitrogen and oxygen atoms in total. The molecule has 2 aromatic rings. The smallest absolute Gasteiger partial charge is 0.161 e. The standard InChI is InChI=1S/C20H27NO4/c1-3-16-9-10-19(20(13-16)23-2)24-12-11-21-14-17(22)15-25-18-7-5-4-6-8-18/h4-10,13,17,21-22H,3,11-12,14-15H2,1-2H3. The molecule has 2 aromatic carbocycles. The van der Waals surface area contributed by atoms with E-state index < -0.39 is 6.10 Å². The van der Waals surface area contributed by atoms with Gasteiger partial charge in [-0.3, -0.25) is 0 Å². The summed E-state index contributed by atoms with van der Waals surface area (Å²) >= 11 is 0. The van der Waals surface area contributed by atoms with E-state index in [4.69, 9.17) is 14.2 Å². The van der Waals surface area contributed by atoms with Gasteiger partial charge in [-0.05, 0) is 36.2 Å². The van der Waals surface area contributed by atoms with Crippen LogP contribution in [0.15, 0.2) is 48.5 Å². The lowest BCUT2D eigenvalue weighted by Crippen LogP contribution is -2.33. The van der Waals surface area contributed by atoms with Crippen molar-refractivity contribution in [3.63, 3.8) is 0 Å². The van der Waals surface area contributed by atoms with Crippen LogP contribution in [-0.2, 0) is 6.42 Å². The van der Waals surface area contributed by atoms with Gasteiger partial charge in [0.15, 0.2) is 11.5 Å². The fraction of sp³-hybridized carbons (Fsp3) is 0.400. The zero-order valence-corrected chi connectivity index (χ0v) is 14.9. The quantitative estimate of drug-likeness (QED) is 0.613. The molecule has 0 saturated carbocycles. The summed E-state index contributed by atoms with van der Waals surface area (Å²) in [5.41, 5.74) is 1.21. The van der Waals surface area contributed by atoms with E-state index >= 15 is 0 Å². The summed E-state index contributed by atoms with van der Waals surface area (Å²) in [4.78, 5) is 0. The average molecular weight is 345 g/mol. The van der Waals surface area contributed by atoms with Gasteiger partial charge in [-0.15, -0.1) is 0 Å². The third kappa shape index (κ3) is 6.64. The highest BCUT2D eigenvalue weighted by molar-refractivity contribution is 5.42. The lowest BCUT2D eigenvalue weighted by atomic mass is 10.1. The number of ether oxygens (including phenoxy) is 3. The molecular weight excluding hydrogens is 318 g/mol. The molecule has 0 fully saturated rings. The van der Waals surface area contributed by atoms with Gasteiger partial charge >= 0.3 is 0 Å². The maximum atomic E-state index is 9.92. The molecule has 0 amide bonds. The van der Waals surface area contributed by atoms with Crippen molar-refractivity contribution in [3.05, 3.63) is 54.1 Å². The number of aliphatic hydroxyl groups excluding tert-OH is 1. The molecule has 0 spiro atoms. The van der Waals surface area contributed by atoms with E-state index in [0.717, 1.165) is 23.7 Å². The molecule has 136 valence electrons. The first-order valence-electron chi connectivity index (χ1n) is 8.59. The van der Waals surface area contributed by atoms with Gasteiger partial charge in [0.1, 0.15) is 25.1 Å². The number of aliphatic hydroxyl groups is 1. The SMILES string of the molecule is CCc1ccc(OCCNCC(O)COc2ccccc2)c(OC)c1. The highest BCUT2D eigenvalue weighted by atomic mass is 16.5. The van der Waals surface area contributed by atoms with Crippen LogP contribution in [0.4, 0.5) is 0 Å². The average Bonchev–Trinajstić information content (AvgIpc) is 2.67. The molecule has 25 heavy (non-hydrogen) atoms. The molecule has 0 saturated heterocycles. The largest absolute Gasteiger partial charge is 0.493 e. The number of aryl methyl sites for hydroxylation is 1. The molecule has 0 bridgehead atoms. The summed E-state index contributed by atoms with van der Waals surface area (Å²) in [5.74, 6) is 2.23. The van der Waals surface area contributed by atoms with E-state index in [2.05, 4.69) is 12.2 Å². The Bertz CT molecular complexity index is 618. The van der Waals surface area contributed by atoms with E-state index in [9.17, 15) is 5.11 Å². The van der Waals surface area contributed by atoms with Crippen LogP contribution in [0.1, 0.15) is 12.5 Å². The van der Waals surface area contributed by atoms with E-state index in [1.54, 1.807) is 7.11 Å². The Balaban J connectivity index is 1.63. The van der Waals surface area contributed by atoms with Gasteiger partial charge in [0.25, 0.3) is 0 Å². The lowest BCUT2D eigenvalue weighted by Gasteiger charge is -2.14. The second-order valence-electron chi connectivity index (χ2n) is 5.67. The summed E-state index contributed by atoms with van der Waals surface area (Å²) in [6.07, 6.45) is 0.389. The molecular formula is C20H27NO4. The van der Waals surface area contributed by atoms with Gasteiger partial charge in [-0.25, -0.2) is 0 Å². The minimum absolute atomic E-state index is 0.254. The predicted octanol–water partition coefficient (Wildman–Crippen LogP) is 2.67. The van der Waals surface area contributed by atoms with Crippen molar-refractivity contribution in [2.45, 2.75) is 19.4 Å². The molecule has 0 aliphatic heterocycles. The second-order valence-corrected chi connectivity index (χ2v) is 5.67. The highest BCUT2D eigenvalue weighted by Crippen LogP contribution is 2.28. The van der Waals surface area contributed by atoms with E-state index in [0.29, 0.717) is 19.7 Å². The monoisotopic (exact) mass is 345 g/mol. The molecule has 2 N–H and O–H groups in total. The molecule has 2 rings (SSSR count). The van der Waals surface area contributed by atoms with Crippen molar-refractivity contribution >= 4 is 0 Å². The Hall–Kier alpha value is -2.24. The van der Waals surface area contributed by atoms with Gasteiger partial charge in [0.2, 0.25) is 0 Å². The van der Waals surface area contributed by atoms with Crippen molar-refractivity contribution in [2.75, 3.05) is 33.4 Å². The zero-order chi connectivity index (χ0) is 17.9. The van der Waals surface area contributed by atoms with Crippen molar-refractivity contribution < 1.29 is 19.3 Å². The van der Waals surface area contributed by atoms with Crippen LogP contribution < -0.4 is 19.5 Å². The fourth-order valence-corrected chi connectivity index (χ4v) is 2.32. The first kappa shape index (κ1) is 19.1. The number of para-hydroxylation sites is 1. The molecule has 0 radical (unpaired) electrons. The van der Waals surface area contributed by atoms with E-state index in [1.165, 1.54) is 5.56 Å². The van der Waals surface area contributed by atoms with E-state index in [-0.39, 0.29) is 6.61 Å². The van der Waals surface area contributed by atoms with Gasteiger partial charge in [0, 0.05) is 13.1 Å². The number of rotatable bonds is 11. The molecule has 1 atom stereocenters. The molecule has 1 unspecified atom stereocenters. The number of hydrogen-bond acceptors (Lipinski definition) is 5. The fourth-order valence-electron chi connectivity index (χ4n) is 2.32. The van der Waals surface area contributed by atoms with Crippen LogP contribution in [0.2, 0.25) is 0 Å². The molecule has 0 aromatic heterocycles. The minimum atomic E-state index is -0.571. The first-order chi connectivity index (χ1) is 12.2. The van der Waals surface area contributed by atoms with Crippen LogP contribution in [0.3, 0.4) is 0 Å². The third-order valence-corrected chi connectivity index (χ3v) is 3.74. The maximum absolute atomic E-state index is 9.92. The number of methoxy groups -OCH3 is 1. The van der Waals surface area contributed by atoms with Crippen LogP contribution >= 0.6 is 0 Å². The van der Waals surface area contributed by atoms with Gasteiger partial charge in [0.05, 0.1) is 7.11 Å². The Morgan fingerprint density at radius 1 is 1.04 bits per heavy atom. The van der Waals surface area contributed by atoms with Crippen LogP contribution in [0.5, 0.6) is 17.2 Å². The summed E-state index contributed by atoms with van der Waals surface area (Å²) < 4.78 is 16.6. The van der Waals surface area contributed by atoms with Gasteiger partial charge < -0.3 is 24.6 Å². The van der Waals surface area contributed by atoms with Gasteiger partial charge in [-0.2, -0.15) is 0 Å². The van der Waals surface area contributed by atoms with Crippen LogP contribution in [0.25, 0.3) is 0 Å². The Morgan fingerprint density at radius 3 is 2.56 bits per heavy atom. The van der Waals surface area contributed by atoms with Crippen molar-refractivity contribution in [1.82, 2.24) is 5.32 Å². The topological polar surface area (TPSA) is 60.0 Å². The Kier molecular flexibility index (Phi) is 8.09. The Morgan fingerprint density at radius 2 is 1.84 bits per heavy atom. The molecule has 0 heterocycles. The normalized spacial score (nSPS) is 11.8. The van der Waals surface area contributed by atoms with Crippen LogP contribution in [-0.4, -0.2) is 44.6 Å². The lowest BCUT2D eigenvalue weighted by molar-refractivity contribution is 0.105. The zero-order valence-electron chi connectivity index (χ0n) is 14.9. The first-order valence-corrected chi connectivity index (χ1v) is 8.59. The van der Waals surface area contributed by atoms with Crippen molar-refractivity contribution in [3.8, 4) is 17.2 Å². The number of hydrogen-bond donors (Lipinski definition) is 2. The summed E-state index contributed by atoms with van der Waals surface area (Å²) in [6.45, 7) is 3.92. The van der Waals surface area contributed by atoms with Crippen molar-refractivity contribution in [1.29, 1.82) is 0 Å². The summed E-state index contributed by atoms with van der Waals surface area (Å²) in [7, 11) is 1.64. The highest BCUT2D eigenvalue weighted by Gasteiger charge is 2.07. The summed E-state index contributed by atoms with van der Waals surface area (Å²) in [6, 6.07) is 15.4. The van der Waals surface area contributed by atoms with Crippen LogP contribution in [0, 0.1) is 0 Å².